The van der Waals surface area contributed by atoms with E-state index >= 15 is 0 Å². The van der Waals surface area contributed by atoms with Crippen molar-refractivity contribution < 1.29 is 4.74 Å². The van der Waals surface area contributed by atoms with Gasteiger partial charge in [0.1, 0.15) is 5.02 Å². The Morgan fingerprint density at radius 1 is 1.50 bits per heavy atom. The molecule has 0 aliphatic carbocycles. The van der Waals surface area contributed by atoms with Gasteiger partial charge >= 0.3 is 0 Å². The van der Waals surface area contributed by atoms with E-state index < -0.39 is 0 Å². The fourth-order valence-electron chi connectivity index (χ4n) is 1.39. The lowest BCUT2D eigenvalue weighted by atomic mass is 10.2. The average Bonchev–Trinajstić information content (AvgIpc) is 2.37. The van der Waals surface area contributed by atoms with Crippen LogP contribution >= 0.6 is 11.6 Å². The molecule has 5 nitrogen and oxygen atoms in total. The summed E-state index contributed by atoms with van der Waals surface area (Å²) in [5.41, 5.74) is 0. The molecule has 0 saturated heterocycles. The standard InChI is InChI=1S/C12H21ClN4O/c1-4-6-14-12-15-8-10(13)11(17-12)16-9(2)5-7-18-3/h8-9H,4-7H2,1-3H3,(H2,14,15,16,17). The Labute approximate surface area is 113 Å². The first-order chi connectivity index (χ1) is 8.67. The maximum absolute atomic E-state index is 6.06. The lowest BCUT2D eigenvalue weighted by Gasteiger charge is -2.15. The van der Waals surface area contributed by atoms with Crippen LogP contribution in [0.25, 0.3) is 0 Å². The van der Waals surface area contributed by atoms with Crippen LogP contribution in [-0.2, 0) is 4.74 Å². The van der Waals surface area contributed by atoms with Gasteiger partial charge in [-0.3, -0.25) is 0 Å². The molecule has 0 fully saturated rings. The number of hydrogen-bond donors (Lipinski definition) is 2. The van der Waals surface area contributed by atoms with Crippen LogP contribution in [0.15, 0.2) is 6.20 Å². The third kappa shape index (κ3) is 5.06. The second kappa shape index (κ2) is 8.11. The molecule has 6 heteroatoms. The van der Waals surface area contributed by atoms with Gasteiger partial charge in [0.25, 0.3) is 0 Å². The minimum absolute atomic E-state index is 0.247. The summed E-state index contributed by atoms with van der Waals surface area (Å²) in [6, 6.07) is 0.247. The average molecular weight is 273 g/mol. The summed E-state index contributed by atoms with van der Waals surface area (Å²) in [4.78, 5) is 8.48. The number of methoxy groups -OCH3 is 1. The van der Waals surface area contributed by atoms with Gasteiger partial charge in [-0.2, -0.15) is 4.98 Å². The van der Waals surface area contributed by atoms with Crippen molar-refractivity contribution in [2.45, 2.75) is 32.7 Å². The summed E-state index contributed by atoms with van der Waals surface area (Å²) in [7, 11) is 1.69. The maximum atomic E-state index is 6.06. The highest BCUT2D eigenvalue weighted by Gasteiger charge is 2.08. The molecule has 1 heterocycles. The van der Waals surface area contributed by atoms with Gasteiger partial charge in [0.15, 0.2) is 5.82 Å². The second-order valence-corrected chi connectivity index (χ2v) is 4.55. The Bertz CT molecular complexity index is 362. The third-order valence-electron chi connectivity index (χ3n) is 2.42. The van der Waals surface area contributed by atoms with Gasteiger partial charge in [0.05, 0.1) is 6.20 Å². The van der Waals surface area contributed by atoms with Crippen molar-refractivity contribution in [3.8, 4) is 0 Å². The summed E-state index contributed by atoms with van der Waals surface area (Å²) in [6.45, 7) is 5.71. The van der Waals surface area contributed by atoms with Gasteiger partial charge in [-0.1, -0.05) is 18.5 Å². The van der Waals surface area contributed by atoms with E-state index in [2.05, 4.69) is 34.4 Å². The number of aromatic nitrogens is 2. The lowest BCUT2D eigenvalue weighted by Crippen LogP contribution is -2.19. The van der Waals surface area contributed by atoms with Gasteiger partial charge in [-0.05, 0) is 19.8 Å². The number of halogens is 1. The quantitative estimate of drug-likeness (QED) is 0.762. The van der Waals surface area contributed by atoms with Gasteiger partial charge in [-0.25, -0.2) is 4.98 Å². The molecular weight excluding hydrogens is 252 g/mol. The Morgan fingerprint density at radius 3 is 2.94 bits per heavy atom. The van der Waals surface area contributed by atoms with Crippen LogP contribution in [0, 0.1) is 0 Å². The minimum Gasteiger partial charge on any atom is -0.385 e. The van der Waals surface area contributed by atoms with E-state index in [0.29, 0.717) is 23.4 Å². The molecule has 0 bridgehead atoms. The zero-order chi connectivity index (χ0) is 13.4. The monoisotopic (exact) mass is 272 g/mol. The van der Waals surface area contributed by atoms with E-state index in [1.165, 1.54) is 0 Å². The summed E-state index contributed by atoms with van der Waals surface area (Å²) in [6.07, 6.45) is 3.53. The summed E-state index contributed by atoms with van der Waals surface area (Å²) in [5, 5.41) is 6.92. The first-order valence-corrected chi connectivity index (χ1v) is 6.57. The lowest BCUT2D eigenvalue weighted by molar-refractivity contribution is 0.191. The predicted molar refractivity (Wildman–Crippen MR) is 75.4 cm³/mol. The molecule has 1 aromatic rings. The highest BCUT2D eigenvalue weighted by atomic mass is 35.5. The minimum atomic E-state index is 0.247. The van der Waals surface area contributed by atoms with Gasteiger partial charge in [-0.15, -0.1) is 0 Å². The number of nitrogens with one attached hydrogen (secondary N) is 2. The molecule has 102 valence electrons. The molecule has 1 rings (SSSR count). The zero-order valence-electron chi connectivity index (χ0n) is 11.2. The normalized spacial score (nSPS) is 12.2. The summed E-state index contributed by atoms with van der Waals surface area (Å²) >= 11 is 6.06. The van der Waals surface area contributed by atoms with Crippen molar-refractivity contribution in [2.24, 2.45) is 0 Å². The molecule has 1 unspecified atom stereocenters. The van der Waals surface area contributed by atoms with Crippen molar-refractivity contribution in [2.75, 3.05) is 30.9 Å². The van der Waals surface area contributed by atoms with Crippen LogP contribution < -0.4 is 10.6 Å². The van der Waals surface area contributed by atoms with Crippen LogP contribution in [0.1, 0.15) is 26.7 Å². The fraction of sp³-hybridized carbons (Fsp3) is 0.667. The molecule has 0 aliphatic heterocycles. The highest BCUT2D eigenvalue weighted by Crippen LogP contribution is 2.20. The molecule has 0 amide bonds. The van der Waals surface area contributed by atoms with E-state index in [1.807, 2.05) is 0 Å². The van der Waals surface area contributed by atoms with Crippen molar-refractivity contribution in [3.63, 3.8) is 0 Å². The smallest absolute Gasteiger partial charge is 0.224 e. The molecule has 0 spiro atoms. The molecule has 0 aliphatic rings. The molecule has 1 atom stereocenters. The molecule has 2 N–H and O–H groups in total. The molecule has 0 aromatic carbocycles. The van der Waals surface area contributed by atoms with Crippen molar-refractivity contribution in [3.05, 3.63) is 11.2 Å². The Hall–Kier alpha value is -1.07. The van der Waals surface area contributed by atoms with E-state index in [-0.39, 0.29) is 6.04 Å². The Morgan fingerprint density at radius 2 is 2.28 bits per heavy atom. The van der Waals surface area contributed by atoms with Crippen LogP contribution in [0.4, 0.5) is 11.8 Å². The van der Waals surface area contributed by atoms with E-state index in [1.54, 1.807) is 13.3 Å². The number of nitrogens with zero attached hydrogens (tertiary/aromatic N) is 2. The van der Waals surface area contributed by atoms with Gasteiger partial charge in [0.2, 0.25) is 5.95 Å². The first-order valence-electron chi connectivity index (χ1n) is 6.19. The molecule has 18 heavy (non-hydrogen) atoms. The highest BCUT2D eigenvalue weighted by molar-refractivity contribution is 6.32. The van der Waals surface area contributed by atoms with Crippen LogP contribution in [0.5, 0.6) is 0 Å². The maximum Gasteiger partial charge on any atom is 0.224 e. The van der Waals surface area contributed by atoms with Crippen LogP contribution in [0.3, 0.4) is 0 Å². The van der Waals surface area contributed by atoms with E-state index in [9.17, 15) is 0 Å². The zero-order valence-corrected chi connectivity index (χ0v) is 11.9. The van der Waals surface area contributed by atoms with Crippen molar-refractivity contribution >= 4 is 23.4 Å². The molecular formula is C12H21ClN4O. The predicted octanol–water partition coefficient (Wildman–Crippen LogP) is 2.79. The fourth-order valence-corrected chi connectivity index (χ4v) is 1.54. The Kier molecular flexibility index (Phi) is 6.75. The molecule has 0 saturated carbocycles. The van der Waals surface area contributed by atoms with Crippen LogP contribution in [0.2, 0.25) is 5.02 Å². The number of anilines is 2. The number of ether oxygens (including phenoxy) is 1. The largest absolute Gasteiger partial charge is 0.385 e. The first kappa shape index (κ1) is 15.0. The van der Waals surface area contributed by atoms with Crippen molar-refractivity contribution in [1.82, 2.24) is 9.97 Å². The van der Waals surface area contributed by atoms with E-state index in [4.69, 9.17) is 16.3 Å². The number of rotatable bonds is 8. The second-order valence-electron chi connectivity index (χ2n) is 4.14. The van der Waals surface area contributed by atoms with Crippen LogP contribution in [-0.4, -0.2) is 36.3 Å². The van der Waals surface area contributed by atoms with Gasteiger partial charge in [0, 0.05) is 26.3 Å². The Balaban J connectivity index is 2.62. The number of hydrogen-bond acceptors (Lipinski definition) is 5. The topological polar surface area (TPSA) is 59.1 Å². The summed E-state index contributed by atoms with van der Waals surface area (Å²) < 4.78 is 5.04. The van der Waals surface area contributed by atoms with Gasteiger partial charge < -0.3 is 15.4 Å². The van der Waals surface area contributed by atoms with E-state index in [0.717, 1.165) is 19.4 Å². The third-order valence-corrected chi connectivity index (χ3v) is 2.69. The SMILES string of the molecule is CCCNc1ncc(Cl)c(NC(C)CCOC)n1. The molecule has 0 radical (unpaired) electrons. The van der Waals surface area contributed by atoms with Crippen molar-refractivity contribution in [1.29, 1.82) is 0 Å². The summed E-state index contributed by atoms with van der Waals surface area (Å²) in [5.74, 6) is 1.26. The molecule has 1 aromatic heterocycles.